The summed E-state index contributed by atoms with van der Waals surface area (Å²) in [6, 6.07) is 32.8. The van der Waals surface area contributed by atoms with E-state index in [1.165, 1.54) is 13.1 Å². The van der Waals surface area contributed by atoms with Gasteiger partial charge in [0.15, 0.2) is 0 Å². The molecule has 0 unspecified atom stereocenters. The van der Waals surface area contributed by atoms with Gasteiger partial charge in [0.25, 0.3) is 0 Å². The molecule has 0 aliphatic heterocycles. The van der Waals surface area contributed by atoms with Crippen molar-refractivity contribution in [2.24, 2.45) is 0 Å². The Labute approximate surface area is 155 Å². The van der Waals surface area contributed by atoms with E-state index in [4.69, 9.17) is 0 Å². The van der Waals surface area contributed by atoms with Gasteiger partial charge in [-0.25, -0.2) is 0 Å². The van der Waals surface area contributed by atoms with E-state index in [1.54, 1.807) is 0 Å². The molecule has 0 saturated heterocycles. The van der Waals surface area contributed by atoms with Crippen molar-refractivity contribution in [2.45, 2.75) is 19.6 Å². The molecule has 3 aromatic rings. The number of hydrogen-bond donors (Lipinski definition) is 0. The van der Waals surface area contributed by atoms with Gasteiger partial charge in [-0.05, 0) is 0 Å². The molecular formula is C23H24AsSi+. The van der Waals surface area contributed by atoms with Crippen molar-refractivity contribution in [1.29, 1.82) is 0 Å². The third-order valence-corrected chi connectivity index (χ3v) is 13.1. The van der Waals surface area contributed by atoms with Crippen LogP contribution in [0.4, 0.5) is 0 Å². The average Bonchev–Trinajstić information content (AvgIpc) is 2.64. The first-order valence-electron chi connectivity index (χ1n) is 8.63. The maximum absolute atomic E-state index is 3.91. The van der Waals surface area contributed by atoms with Crippen LogP contribution in [0, 0.1) is 10.3 Å². The minimum absolute atomic E-state index is 1.39. The molecule has 0 atom stereocenters. The molecule has 0 heterocycles. The summed E-state index contributed by atoms with van der Waals surface area (Å²) in [6.45, 7) is 6.97. The van der Waals surface area contributed by atoms with Gasteiger partial charge in [0, 0.05) is 0 Å². The van der Waals surface area contributed by atoms with E-state index >= 15 is 0 Å². The van der Waals surface area contributed by atoms with Gasteiger partial charge >= 0.3 is 156 Å². The second kappa shape index (κ2) is 7.48. The molecule has 0 saturated carbocycles. The second-order valence-corrected chi connectivity index (χ2v) is 18.4. The second-order valence-electron chi connectivity index (χ2n) is 7.16. The molecule has 0 nitrogen and oxygen atoms in total. The summed E-state index contributed by atoms with van der Waals surface area (Å²) in [6.07, 6.45) is 0. The van der Waals surface area contributed by atoms with Crippen molar-refractivity contribution in [3.63, 3.8) is 0 Å². The summed E-state index contributed by atoms with van der Waals surface area (Å²) in [4.78, 5) is 0. The first-order valence-corrected chi connectivity index (χ1v) is 15.9. The van der Waals surface area contributed by atoms with Gasteiger partial charge in [-0.15, -0.1) is 0 Å². The van der Waals surface area contributed by atoms with E-state index in [9.17, 15) is 0 Å². The SMILES string of the molecule is C[Si](C)(C)C#C[As+](c1ccccc1)(c1ccccc1)c1ccccc1. The first-order chi connectivity index (χ1) is 12.0. The molecule has 0 bridgehead atoms. The Morgan fingerprint density at radius 3 is 1.16 bits per heavy atom. The fourth-order valence-electron chi connectivity index (χ4n) is 2.85. The molecule has 0 radical (unpaired) electrons. The number of rotatable bonds is 3. The van der Waals surface area contributed by atoms with Crippen LogP contribution in [-0.4, -0.2) is 21.6 Å². The van der Waals surface area contributed by atoms with E-state index in [0.717, 1.165) is 0 Å². The van der Waals surface area contributed by atoms with Crippen molar-refractivity contribution >= 4 is 34.7 Å². The molecule has 0 fully saturated rings. The fraction of sp³-hybridized carbons (Fsp3) is 0.130. The standard InChI is InChI=1S/C23H24AsSi/c1-25(2,3)20-19-24(21-13-7-4-8-14-21,22-15-9-5-10-16-22)23-17-11-6-12-18-23/h4-18H,1-3H3/q+1. The van der Waals surface area contributed by atoms with Gasteiger partial charge in [-0.2, -0.15) is 0 Å². The minimum atomic E-state index is -2.82. The molecular weight excluding hydrogens is 379 g/mol. The topological polar surface area (TPSA) is 0 Å². The van der Waals surface area contributed by atoms with Crippen LogP contribution in [0.15, 0.2) is 91.0 Å². The van der Waals surface area contributed by atoms with Gasteiger partial charge in [-0.3, -0.25) is 0 Å². The summed E-state index contributed by atoms with van der Waals surface area (Å²) < 4.78 is 8.08. The third-order valence-electron chi connectivity index (χ3n) is 4.03. The number of hydrogen-bond acceptors (Lipinski definition) is 0. The van der Waals surface area contributed by atoms with Crippen LogP contribution in [0.1, 0.15) is 0 Å². The molecule has 0 aliphatic carbocycles. The molecule has 0 aromatic heterocycles. The molecule has 25 heavy (non-hydrogen) atoms. The molecule has 124 valence electrons. The summed E-state index contributed by atoms with van der Waals surface area (Å²) >= 11 is -2.82. The Kier molecular flexibility index (Phi) is 5.33. The molecule has 3 aromatic carbocycles. The Bertz CT molecular complexity index is 773. The molecule has 0 amide bonds. The molecule has 3 rings (SSSR count). The fourth-order valence-corrected chi connectivity index (χ4v) is 13.1. The predicted octanol–water partition coefficient (Wildman–Crippen LogP) is 3.58. The monoisotopic (exact) mass is 403 g/mol. The van der Waals surface area contributed by atoms with Crippen LogP contribution in [0.5, 0.6) is 0 Å². The molecule has 0 spiro atoms. The van der Waals surface area contributed by atoms with Crippen molar-refractivity contribution in [3.8, 4) is 10.3 Å². The first kappa shape index (κ1) is 17.8. The zero-order chi connectivity index (χ0) is 17.8. The molecule has 0 aliphatic rings. The summed E-state index contributed by atoms with van der Waals surface area (Å²) in [5.74, 6) is 0. The van der Waals surface area contributed by atoms with Crippen LogP contribution >= 0.6 is 0 Å². The van der Waals surface area contributed by atoms with Gasteiger partial charge in [-0.1, -0.05) is 0 Å². The Balaban J connectivity index is 2.37. The maximum atomic E-state index is 3.91. The van der Waals surface area contributed by atoms with E-state index in [1.807, 2.05) is 0 Å². The van der Waals surface area contributed by atoms with Crippen LogP contribution < -0.4 is 13.1 Å². The normalized spacial score (nSPS) is 11.5. The average molecular weight is 403 g/mol. The van der Waals surface area contributed by atoms with Gasteiger partial charge in [0.05, 0.1) is 0 Å². The zero-order valence-corrected chi connectivity index (χ0v) is 18.0. The van der Waals surface area contributed by atoms with Crippen LogP contribution in [-0.2, 0) is 0 Å². The Morgan fingerprint density at radius 2 is 0.880 bits per heavy atom. The van der Waals surface area contributed by atoms with Gasteiger partial charge in [0.2, 0.25) is 0 Å². The van der Waals surface area contributed by atoms with E-state index < -0.39 is 21.6 Å². The summed E-state index contributed by atoms with van der Waals surface area (Å²) in [5, 5.41) is 0. The van der Waals surface area contributed by atoms with Crippen LogP contribution in [0.2, 0.25) is 19.6 Å². The third kappa shape index (κ3) is 3.98. The van der Waals surface area contributed by atoms with Crippen molar-refractivity contribution in [1.82, 2.24) is 0 Å². The van der Waals surface area contributed by atoms with E-state index in [0.29, 0.717) is 0 Å². The Hall–Kier alpha value is -2.00. The number of benzene rings is 3. The summed E-state index contributed by atoms with van der Waals surface area (Å²) in [5.41, 5.74) is 3.72. The quantitative estimate of drug-likeness (QED) is 0.463. The van der Waals surface area contributed by atoms with Gasteiger partial charge in [0.1, 0.15) is 0 Å². The predicted molar refractivity (Wildman–Crippen MR) is 115 cm³/mol. The van der Waals surface area contributed by atoms with Crippen molar-refractivity contribution in [3.05, 3.63) is 91.0 Å². The molecule has 0 N–H and O–H groups in total. The van der Waals surface area contributed by atoms with Crippen LogP contribution in [0.25, 0.3) is 0 Å². The van der Waals surface area contributed by atoms with E-state index in [2.05, 4.69) is 121 Å². The van der Waals surface area contributed by atoms with Crippen molar-refractivity contribution in [2.75, 3.05) is 0 Å². The van der Waals surface area contributed by atoms with Gasteiger partial charge < -0.3 is 0 Å². The van der Waals surface area contributed by atoms with E-state index in [-0.39, 0.29) is 0 Å². The summed E-state index contributed by atoms with van der Waals surface area (Å²) in [7, 11) is -1.48. The molecule has 2 heteroatoms. The Morgan fingerprint density at radius 1 is 0.560 bits per heavy atom. The van der Waals surface area contributed by atoms with Crippen molar-refractivity contribution < 1.29 is 0 Å². The zero-order valence-electron chi connectivity index (χ0n) is 15.1. The van der Waals surface area contributed by atoms with Crippen LogP contribution in [0.3, 0.4) is 0 Å².